The Kier molecular flexibility index (Phi) is 5.18. The highest BCUT2D eigenvalue weighted by atomic mass is 35.5. The summed E-state index contributed by atoms with van der Waals surface area (Å²) >= 11 is 5.85. The summed E-state index contributed by atoms with van der Waals surface area (Å²) in [5.41, 5.74) is 8.17. The Morgan fingerprint density at radius 1 is 1.14 bits per heavy atom. The number of fused-ring (bicyclic) bond motifs is 1. The number of piperazine rings is 1. The summed E-state index contributed by atoms with van der Waals surface area (Å²) in [6.07, 6.45) is 1.42. The molecule has 2 aromatic carbocycles. The van der Waals surface area contributed by atoms with Gasteiger partial charge >= 0.3 is 6.03 Å². The second kappa shape index (κ2) is 7.92. The number of nitrogens with zero attached hydrogens (tertiary/aromatic N) is 4. The average molecular weight is 411 g/mol. The predicted octanol–water partition coefficient (Wildman–Crippen LogP) is 2.74. The maximum Gasteiger partial charge on any atom is 0.322 e. The van der Waals surface area contributed by atoms with Gasteiger partial charge in [-0.3, -0.25) is 4.79 Å². The van der Waals surface area contributed by atoms with Crippen LogP contribution < -0.4 is 11.1 Å². The Labute approximate surface area is 172 Å². The van der Waals surface area contributed by atoms with Crippen LogP contribution in [0.5, 0.6) is 0 Å². The van der Waals surface area contributed by atoms with Crippen molar-refractivity contribution in [3.05, 3.63) is 59.4 Å². The number of hydrogen-bond donors (Lipinski definition) is 2. The molecule has 3 aromatic rings. The van der Waals surface area contributed by atoms with Crippen LogP contribution in [-0.2, 0) is 11.3 Å². The zero-order chi connectivity index (χ0) is 20.4. The van der Waals surface area contributed by atoms with E-state index >= 15 is 0 Å². The van der Waals surface area contributed by atoms with Crippen LogP contribution in [0.25, 0.3) is 10.9 Å². The molecule has 0 bridgehead atoms. The van der Waals surface area contributed by atoms with E-state index in [4.69, 9.17) is 17.3 Å². The van der Waals surface area contributed by atoms with Crippen molar-refractivity contribution in [3.63, 3.8) is 0 Å². The van der Waals surface area contributed by atoms with Gasteiger partial charge in [-0.2, -0.15) is 0 Å². The number of amides is 3. The van der Waals surface area contributed by atoms with E-state index in [9.17, 15) is 9.59 Å². The van der Waals surface area contributed by atoms with Crippen molar-refractivity contribution >= 4 is 45.9 Å². The molecule has 8 nitrogen and oxygen atoms in total. The maximum absolute atomic E-state index is 12.6. The summed E-state index contributed by atoms with van der Waals surface area (Å²) in [6.45, 7) is 1.39. The van der Waals surface area contributed by atoms with Gasteiger partial charge in [0, 0.05) is 35.7 Å². The van der Waals surface area contributed by atoms with E-state index in [0.717, 1.165) is 16.5 Å². The van der Waals surface area contributed by atoms with E-state index in [-0.39, 0.29) is 18.5 Å². The summed E-state index contributed by atoms with van der Waals surface area (Å²) in [7, 11) is 0. The van der Waals surface area contributed by atoms with Gasteiger partial charge in [0.05, 0.1) is 5.52 Å². The first-order valence-corrected chi connectivity index (χ1v) is 9.46. The first-order valence-electron chi connectivity index (χ1n) is 9.08. The van der Waals surface area contributed by atoms with Crippen molar-refractivity contribution in [2.75, 3.05) is 30.7 Å². The number of rotatable bonds is 3. The van der Waals surface area contributed by atoms with Gasteiger partial charge in [0.15, 0.2) is 0 Å². The summed E-state index contributed by atoms with van der Waals surface area (Å²) < 4.78 is 0. The molecule has 3 N–H and O–H groups in total. The van der Waals surface area contributed by atoms with Crippen molar-refractivity contribution < 1.29 is 9.59 Å². The molecule has 3 amide bonds. The third kappa shape index (κ3) is 4.22. The fourth-order valence-corrected chi connectivity index (χ4v) is 3.35. The molecule has 0 atom stereocenters. The van der Waals surface area contributed by atoms with Crippen LogP contribution in [0.3, 0.4) is 0 Å². The topological polar surface area (TPSA) is 104 Å². The molecule has 1 aromatic heterocycles. The molecule has 148 valence electrons. The molecule has 0 radical (unpaired) electrons. The second-order valence-corrected chi connectivity index (χ2v) is 7.22. The number of carbonyl (C=O) groups is 2. The molecule has 1 aliphatic rings. The summed E-state index contributed by atoms with van der Waals surface area (Å²) in [5, 5.41) is 4.16. The van der Waals surface area contributed by atoms with Crippen molar-refractivity contribution in [3.8, 4) is 0 Å². The number of anilines is 2. The van der Waals surface area contributed by atoms with Gasteiger partial charge in [-0.1, -0.05) is 17.7 Å². The van der Waals surface area contributed by atoms with E-state index in [1.54, 1.807) is 29.2 Å². The van der Waals surface area contributed by atoms with Crippen LogP contribution in [-0.4, -0.2) is 51.3 Å². The number of nitrogens with two attached hydrogens (primary N) is 1. The molecular formula is C20H19ClN6O2. The van der Waals surface area contributed by atoms with Crippen molar-refractivity contribution in [1.29, 1.82) is 0 Å². The van der Waals surface area contributed by atoms with Crippen LogP contribution >= 0.6 is 11.6 Å². The SMILES string of the molecule is Nc1ncnc2cc(CN3CCN(C(=O)Nc4ccc(Cl)cc4)CC3=O)ccc12. The number of benzene rings is 2. The van der Waals surface area contributed by atoms with E-state index in [1.165, 1.54) is 11.2 Å². The predicted molar refractivity (Wildman–Crippen MR) is 111 cm³/mol. The number of carbonyl (C=O) groups excluding carboxylic acids is 2. The molecule has 1 saturated heterocycles. The lowest BCUT2D eigenvalue weighted by Crippen LogP contribution is -2.52. The normalized spacial score (nSPS) is 14.3. The molecule has 29 heavy (non-hydrogen) atoms. The van der Waals surface area contributed by atoms with Gasteiger partial charge in [0.25, 0.3) is 0 Å². The fraction of sp³-hybridized carbons (Fsp3) is 0.200. The Bertz CT molecular complexity index is 1070. The lowest BCUT2D eigenvalue weighted by atomic mass is 10.1. The number of aromatic nitrogens is 2. The zero-order valence-electron chi connectivity index (χ0n) is 15.5. The molecular weight excluding hydrogens is 392 g/mol. The Hall–Kier alpha value is -3.39. The van der Waals surface area contributed by atoms with Crippen LogP contribution in [0.2, 0.25) is 5.02 Å². The van der Waals surface area contributed by atoms with Crippen LogP contribution in [0, 0.1) is 0 Å². The second-order valence-electron chi connectivity index (χ2n) is 6.78. The van der Waals surface area contributed by atoms with Crippen LogP contribution in [0.15, 0.2) is 48.8 Å². The minimum atomic E-state index is -0.307. The first-order chi connectivity index (χ1) is 14.0. The minimum absolute atomic E-state index is 0.0299. The van der Waals surface area contributed by atoms with Gasteiger partial charge in [-0.25, -0.2) is 14.8 Å². The zero-order valence-corrected chi connectivity index (χ0v) is 16.3. The van der Waals surface area contributed by atoms with Gasteiger partial charge in [-0.15, -0.1) is 0 Å². The monoisotopic (exact) mass is 410 g/mol. The number of halogens is 1. The highest BCUT2D eigenvalue weighted by molar-refractivity contribution is 6.30. The third-order valence-corrected chi connectivity index (χ3v) is 5.06. The number of urea groups is 1. The molecule has 1 fully saturated rings. The molecule has 0 aliphatic carbocycles. The Morgan fingerprint density at radius 3 is 2.69 bits per heavy atom. The minimum Gasteiger partial charge on any atom is -0.383 e. The molecule has 0 saturated carbocycles. The highest BCUT2D eigenvalue weighted by Gasteiger charge is 2.27. The summed E-state index contributed by atoms with van der Waals surface area (Å²) in [4.78, 5) is 36.4. The van der Waals surface area contributed by atoms with E-state index in [1.807, 2.05) is 18.2 Å². The quantitative estimate of drug-likeness (QED) is 0.690. The van der Waals surface area contributed by atoms with Crippen LogP contribution in [0.4, 0.5) is 16.3 Å². The van der Waals surface area contributed by atoms with Crippen molar-refractivity contribution in [2.24, 2.45) is 0 Å². The standard InChI is InChI=1S/C20H19ClN6O2/c21-14-2-4-15(5-3-14)25-20(29)27-8-7-26(18(28)11-27)10-13-1-6-16-17(9-13)23-12-24-19(16)22/h1-6,9,12H,7-8,10-11H2,(H,25,29)(H2,22,23,24). The third-order valence-electron chi connectivity index (χ3n) is 4.81. The van der Waals surface area contributed by atoms with E-state index in [0.29, 0.717) is 36.2 Å². The van der Waals surface area contributed by atoms with Gasteiger partial charge in [0.1, 0.15) is 18.7 Å². The average Bonchev–Trinajstić information content (AvgIpc) is 2.71. The van der Waals surface area contributed by atoms with Crippen molar-refractivity contribution in [2.45, 2.75) is 6.54 Å². The van der Waals surface area contributed by atoms with Gasteiger partial charge < -0.3 is 20.9 Å². The Balaban J connectivity index is 1.38. The largest absolute Gasteiger partial charge is 0.383 e. The van der Waals surface area contributed by atoms with Gasteiger partial charge in [-0.05, 0) is 42.0 Å². The molecule has 4 rings (SSSR count). The molecule has 0 spiro atoms. The smallest absolute Gasteiger partial charge is 0.322 e. The van der Waals surface area contributed by atoms with Gasteiger partial charge in [0.2, 0.25) is 5.91 Å². The summed E-state index contributed by atoms with van der Waals surface area (Å²) in [6, 6.07) is 12.2. The molecule has 9 heteroatoms. The van der Waals surface area contributed by atoms with E-state index in [2.05, 4.69) is 15.3 Å². The molecule has 2 heterocycles. The summed E-state index contributed by atoms with van der Waals surface area (Å²) in [5.74, 6) is 0.322. The first kappa shape index (κ1) is 18.9. The van der Waals surface area contributed by atoms with Crippen molar-refractivity contribution in [1.82, 2.24) is 19.8 Å². The number of nitrogen functional groups attached to an aromatic ring is 1. The molecule has 0 unspecified atom stereocenters. The maximum atomic E-state index is 12.6. The highest BCUT2D eigenvalue weighted by Crippen LogP contribution is 2.20. The lowest BCUT2D eigenvalue weighted by Gasteiger charge is -2.34. The van der Waals surface area contributed by atoms with Crippen LogP contribution in [0.1, 0.15) is 5.56 Å². The molecule has 1 aliphatic heterocycles. The fourth-order valence-electron chi connectivity index (χ4n) is 3.23. The lowest BCUT2D eigenvalue weighted by molar-refractivity contribution is -0.135. The number of nitrogens with one attached hydrogen (secondary N) is 1. The van der Waals surface area contributed by atoms with E-state index < -0.39 is 0 Å². The Morgan fingerprint density at radius 2 is 1.93 bits per heavy atom. The number of hydrogen-bond acceptors (Lipinski definition) is 5.